The number of hydrogen-bond donors (Lipinski definition) is 2. The first-order chi connectivity index (χ1) is 23.3. The molecule has 2 aliphatic heterocycles. The number of hydrogen-bond acceptors (Lipinski definition) is 5. The van der Waals surface area contributed by atoms with Crippen molar-refractivity contribution >= 4 is 50.7 Å². The van der Waals surface area contributed by atoms with Crippen LogP contribution in [0, 0.1) is 0 Å². The second-order valence-electron chi connectivity index (χ2n) is 11.9. The van der Waals surface area contributed by atoms with Crippen molar-refractivity contribution in [2.75, 3.05) is 5.32 Å². The minimum absolute atomic E-state index is 0.195. The summed E-state index contributed by atoms with van der Waals surface area (Å²) in [6.07, 6.45) is -0.284. The summed E-state index contributed by atoms with van der Waals surface area (Å²) in [4.78, 5) is 11.5. The highest BCUT2D eigenvalue weighted by Crippen LogP contribution is 2.50. The highest BCUT2D eigenvalue weighted by atomic mass is 32.2. The predicted octanol–water partition coefficient (Wildman–Crippen LogP) is 10.4. The Morgan fingerprint density at radius 1 is 0.511 bits per heavy atom. The zero-order valence-corrected chi connectivity index (χ0v) is 26.3. The third-order valence-corrected chi connectivity index (χ3v) is 10.2. The second-order valence-corrected chi connectivity index (χ2v) is 13.1. The van der Waals surface area contributed by atoms with Gasteiger partial charge in [-0.25, -0.2) is 9.98 Å². The van der Waals surface area contributed by atoms with E-state index >= 15 is 0 Å². The van der Waals surface area contributed by atoms with Crippen LogP contribution in [0.25, 0.3) is 32.7 Å². The lowest BCUT2D eigenvalue weighted by Gasteiger charge is -2.24. The van der Waals surface area contributed by atoms with Gasteiger partial charge in [0.2, 0.25) is 0 Å². The van der Waals surface area contributed by atoms with Crippen molar-refractivity contribution in [1.29, 1.82) is 0 Å². The van der Waals surface area contributed by atoms with Gasteiger partial charge in [-0.2, -0.15) is 0 Å². The van der Waals surface area contributed by atoms with Crippen LogP contribution in [0.5, 0.6) is 0 Å². The molecule has 0 amide bonds. The first-order valence-corrected chi connectivity index (χ1v) is 16.8. The fraction of sp³-hybridized carbons (Fsp3) is 0.0476. The van der Waals surface area contributed by atoms with E-state index in [2.05, 4.69) is 144 Å². The molecule has 0 bridgehead atoms. The molecule has 0 radical (unpaired) electrons. The van der Waals surface area contributed by atoms with Gasteiger partial charge in [-0.05, 0) is 56.6 Å². The molecule has 2 N–H and O–H groups in total. The topological polar surface area (TPSA) is 48.8 Å². The molecule has 2 heterocycles. The van der Waals surface area contributed by atoms with Crippen molar-refractivity contribution in [1.82, 2.24) is 5.32 Å². The predicted molar refractivity (Wildman–Crippen MR) is 197 cm³/mol. The quantitative estimate of drug-likeness (QED) is 0.188. The molecular formula is C42H30N4S. The fourth-order valence-corrected chi connectivity index (χ4v) is 7.74. The average Bonchev–Trinajstić information content (AvgIpc) is 3.60. The molecule has 9 rings (SSSR count). The van der Waals surface area contributed by atoms with Crippen molar-refractivity contribution in [3.05, 3.63) is 180 Å². The summed E-state index contributed by atoms with van der Waals surface area (Å²) in [5.41, 5.74) is 7.96. The third kappa shape index (κ3) is 5.15. The Hall–Kier alpha value is -5.65. The van der Waals surface area contributed by atoms with Crippen LogP contribution in [0.1, 0.15) is 33.8 Å². The SMILES string of the molecule is c1ccc(C2=NC(c3cccc(-c4ccccc4)c3)NC(c3ccc4c(ccc5ccc6c(c54)NC(c4ccccc4)S6)c3)=N2)cc1. The number of nitrogens with one attached hydrogen (secondary N) is 2. The third-order valence-electron chi connectivity index (χ3n) is 8.94. The van der Waals surface area contributed by atoms with E-state index < -0.39 is 0 Å². The summed E-state index contributed by atoms with van der Waals surface area (Å²) in [5, 5.41) is 12.6. The van der Waals surface area contributed by atoms with Crippen molar-refractivity contribution in [2.45, 2.75) is 16.4 Å². The zero-order valence-electron chi connectivity index (χ0n) is 25.5. The number of fused-ring (bicyclic) bond motifs is 5. The molecule has 224 valence electrons. The summed E-state index contributed by atoms with van der Waals surface area (Å²) >= 11 is 1.88. The van der Waals surface area contributed by atoms with Crippen molar-refractivity contribution in [3.63, 3.8) is 0 Å². The summed E-state index contributed by atoms with van der Waals surface area (Å²) in [7, 11) is 0. The largest absolute Gasteiger partial charge is 0.368 e. The van der Waals surface area contributed by atoms with Crippen molar-refractivity contribution in [3.8, 4) is 11.1 Å². The van der Waals surface area contributed by atoms with E-state index in [9.17, 15) is 0 Å². The average molecular weight is 623 g/mol. The molecule has 0 saturated heterocycles. The minimum Gasteiger partial charge on any atom is -0.368 e. The molecule has 7 aromatic rings. The molecule has 4 nitrogen and oxygen atoms in total. The van der Waals surface area contributed by atoms with Gasteiger partial charge in [-0.1, -0.05) is 151 Å². The van der Waals surface area contributed by atoms with Gasteiger partial charge in [0.05, 0.1) is 5.69 Å². The van der Waals surface area contributed by atoms with E-state index in [0.29, 0.717) is 0 Å². The van der Waals surface area contributed by atoms with Crippen LogP contribution < -0.4 is 10.6 Å². The molecule has 0 aliphatic carbocycles. The number of rotatable bonds is 5. The van der Waals surface area contributed by atoms with E-state index in [1.807, 2.05) is 36.0 Å². The van der Waals surface area contributed by atoms with E-state index in [-0.39, 0.29) is 11.5 Å². The lowest BCUT2D eigenvalue weighted by Crippen LogP contribution is -2.33. The molecule has 47 heavy (non-hydrogen) atoms. The van der Waals surface area contributed by atoms with Gasteiger partial charge >= 0.3 is 0 Å². The maximum absolute atomic E-state index is 5.11. The fourth-order valence-electron chi connectivity index (χ4n) is 6.59. The molecule has 7 aromatic carbocycles. The van der Waals surface area contributed by atoms with E-state index in [4.69, 9.17) is 9.98 Å². The summed E-state index contributed by atoms with van der Waals surface area (Å²) in [6, 6.07) is 55.7. The number of aliphatic imine (C=N–C) groups is 2. The Bertz CT molecular complexity index is 2330. The van der Waals surface area contributed by atoms with Gasteiger partial charge in [0.1, 0.15) is 17.4 Å². The number of benzene rings is 7. The Morgan fingerprint density at radius 2 is 1.19 bits per heavy atom. The van der Waals surface area contributed by atoms with Gasteiger partial charge in [-0.15, -0.1) is 0 Å². The molecule has 0 aromatic heterocycles. The van der Waals surface area contributed by atoms with Crippen LogP contribution in [-0.2, 0) is 0 Å². The van der Waals surface area contributed by atoms with E-state index in [1.54, 1.807) is 0 Å². The summed E-state index contributed by atoms with van der Waals surface area (Å²) in [5.74, 6) is 1.53. The Morgan fingerprint density at radius 3 is 2.00 bits per heavy atom. The highest BCUT2D eigenvalue weighted by molar-refractivity contribution is 8.00. The van der Waals surface area contributed by atoms with Crippen molar-refractivity contribution in [2.24, 2.45) is 9.98 Å². The van der Waals surface area contributed by atoms with Gasteiger partial charge in [0.15, 0.2) is 5.84 Å². The molecule has 0 spiro atoms. The van der Waals surface area contributed by atoms with Crippen LogP contribution in [-0.4, -0.2) is 11.7 Å². The van der Waals surface area contributed by atoms with Crippen LogP contribution in [0.3, 0.4) is 0 Å². The number of amidine groups is 2. The van der Waals surface area contributed by atoms with Gasteiger partial charge in [-0.3, -0.25) is 0 Å². The monoisotopic (exact) mass is 622 g/mol. The molecule has 0 saturated carbocycles. The summed E-state index contributed by atoms with van der Waals surface area (Å²) in [6.45, 7) is 0. The number of nitrogens with zero attached hydrogens (tertiary/aromatic N) is 2. The van der Waals surface area contributed by atoms with E-state index in [0.717, 1.165) is 33.9 Å². The maximum atomic E-state index is 5.11. The van der Waals surface area contributed by atoms with Crippen LogP contribution in [0.4, 0.5) is 5.69 Å². The summed E-state index contributed by atoms with van der Waals surface area (Å²) < 4.78 is 0. The van der Waals surface area contributed by atoms with Crippen molar-refractivity contribution < 1.29 is 0 Å². The van der Waals surface area contributed by atoms with E-state index in [1.165, 1.54) is 43.3 Å². The standard InChI is InChI=1S/C42H30N4S/c1-4-11-27(12-5-1)31-17-10-18-33(25-31)40-44-39(29-13-6-2-7-14-29)45-41(46-40)34-21-23-35-32(26-34)20-19-28-22-24-36-38(37(28)35)43-42(47-36)30-15-8-3-9-16-30/h1-26,40,42-43H,(H,44,45,46). The Balaban J connectivity index is 1.11. The van der Waals surface area contributed by atoms with Crippen LogP contribution in [0.15, 0.2) is 173 Å². The zero-order chi connectivity index (χ0) is 31.2. The lowest BCUT2D eigenvalue weighted by molar-refractivity contribution is 0.674. The Labute approximate surface area is 277 Å². The maximum Gasteiger partial charge on any atom is 0.159 e. The van der Waals surface area contributed by atoms with Gasteiger partial charge < -0.3 is 10.6 Å². The van der Waals surface area contributed by atoms with Crippen LogP contribution >= 0.6 is 11.8 Å². The molecule has 2 atom stereocenters. The second kappa shape index (κ2) is 11.6. The first-order valence-electron chi connectivity index (χ1n) is 15.9. The van der Waals surface area contributed by atoms with Crippen LogP contribution in [0.2, 0.25) is 0 Å². The number of thioether (sulfide) groups is 1. The highest BCUT2D eigenvalue weighted by Gasteiger charge is 2.26. The smallest absolute Gasteiger partial charge is 0.159 e. The Kier molecular flexibility index (Phi) is 6.83. The molecule has 0 fully saturated rings. The molecule has 2 aliphatic rings. The van der Waals surface area contributed by atoms with Gasteiger partial charge in [0.25, 0.3) is 0 Å². The molecular weight excluding hydrogens is 593 g/mol. The normalized spacial score (nSPS) is 17.0. The lowest BCUT2D eigenvalue weighted by atomic mass is 9.98. The first kappa shape index (κ1) is 27.6. The number of anilines is 1. The van der Waals surface area contributed by atoms with Gasteiger partial charge in [0, 0.05) is 21.4 Å². The minimum atomic E-state index is -0.284. The molecule has 2 unspecified atom stereocenters. The molecule has 5 heteroatoms.